The molecule has 1 rings (SSSR count). The SMILES string of the molecule is [NH]=[V]=[NH].[c-]1ccc[nH]1. The molecule has 0 saturated carbocycles. The van der Waals surface area contributed by atoms with Gasteiger partial charge in [-0.05, 0) is 0 Å². The van der Waals surface area contributed by atoms with Crippen molar-refractivity contribution in [1.82, 2.24) is 4.98 Å². The molecular weight excluding hydrogens is 141 g/mol. The third-order valence-corrected chi connectivity index (χ3v) is 0.442. The first-order chi connectivity index (χ1) is 3.91. The van der Waals surface area contributed by atoms with E-state index in [1.807, 2.05) is 18.3 Å². The Balaban J connectivity index is 0.000000145. The van der Waals surface area contributed by atoms with E-state index >= 15 is 0 Å². The summed E-state index contributed by atoms with van der Waals surface area (Å²) in [4.78, 5) is 2.74. The Bertz CT molecular complexity index is 123. The molecule has 1 aromatic heterocycles. The summed E-state index contributed by atoms with van der Waals surface area (Å²) in [6.07, 6.45) is 4.56. The first-order valence-electron chi connectivity index (χ1n) is 1.94. The van der Waals surface area contributed by atoms with Gasteiger partial charge in [0.05, 0.1) is 0 Å². The van der Waals surface area contributed by atoms with Crippen molar-refractivity contribution in [2.45, 2.75) is 0 Å². The van der Waals surface area contributed by atoms with Gasteiger partial charge in [-0.25, -0.2) is 0 Å². The first kappa shape index (κ1) is 7.46. The van der Waals surface area contributed by atoms with Crippen LogP contribution in [-0.4, -0.2) is 4.98 Å². The van der Waals surface area contributed by atoms with Gasteiger partial charge in [-0.2, -0.15) is 18.3 Å². The smallest absolute Gasteiger partial charge is 0.108 e. The van der Waals surface area contributed by atoms with Gasteiger partial charge in [-0.3, -0.25) is 0 Å². The predicted molar refractivity (Wildman–Crippen MR) is 25.1 cm³/mol. The summed E-state index contributed by atoms with van der Waals surface area (Å²) in [5.74, 6) is 0. The monoisotopic (exact) mass is 147 g/mol. The molecule has 0 aliphatic carbocycles. The molecule has 3 N–H and O–H groups in total. The van der Waals surface area contributed by atoms with Crippen molar-refractivity contribution in [1.29, 1.82) is 8.42 Å². The summed E-state index contributed by atoms with van der Waals surface area (Å²) in [5, 5.41) is 0. The number of nitrogens with one attached hydrogen (secondary N) is 3. The predicted octanol–water partition coefficient (Wildman–Crippen LogP) is 1.41. The zero-order valence-electron chi connectivity index (χ0n) is 4.18. The Kier molecular flexibility index (Phi) is 6.03. The summed E-state index contributed by atoms with van der Waals surface area (Å²) in [6.45, 7) is 0. The number of rotatable bonds is 0. The second-order valence-corrected chi connectivity index (χ2v) is 1.28. The Hall–Kier alpha value is -0.536. The molecule has 43 valence electrons. The van der Waals surface area contributed by atoms with E-state index < -0.39 is 15.9 Å². The van der Waals surface area contributed by atoms with Crippen LogP contribution in [0.15, 0.2) is 18.3 Å². The van der Waals surface area contributed by atoms with Crippen molar-refractivity contribution in [2.24, 2.45) is 0 Å². The average Bonchev–Trinajstić information content (AvgIpc) is 2.17. The average molecular weight is 147 g/mol. The molecule has 4 heteroatoms. The van der Waals surface area contributed by atoms with Crippen LogP contribution in [-0.2, 0) is 15.9 Å². The van der Waals surface area contributed by atoms with E-state index in [2.05, 4.69) is 11.2 Å². The molecule has 0 saturated heterocycles. The van der Waals surface area contributed by atoms with Crippen LogP contribution in [0.2, 0.25) is 0 Å². The molecule has 1 heterocycles. The van der Waals surface area contributed by atoms with Gasteiger partial charge in [0.15, 0.2) is 0 Å². The third-order valence-electron chi connectivity index (χ3n) is 0.442. The number of aromatic nitrogens is 1. The van der Waals surface area contributed by atoms with E-state index in [9.17, 15) is 0 Å². The van der Waals surface area contributed by atoms with Crippen molar-refractivity contribution in [3.63, 3.8) is 0 Å². The summed E-state index contributed by atoms with van der Waals surface area (Å²) in [6, 6.07) is 3.71. The Morgan fingerprint density at radius 3 is 2.25 bits per heavy atom. The van der Waals surface area contributed by atoms with Crippen LogP contribution in [0.3, 0.4) is 0 Å². The van der Waals surface area contributed by atoms with Gasteiger partial charge in [0.25, 0.3) is 0 Å². The number of hydrogen-bond donors (Lipinski definition) is 3. The zero-order chi connectivity index (χ0) is 6.24. The van der Waals surface area contributed by atoms with Crippen molar-refractivity contribution in [3.8, 4) is 0 Å². The summed E-state index contributed by atoms with van der Waals surface area (Å²) in [5.41, 5.74) is 0. The van der Waals surface area contributed by atoms with E-state index in [0.717, 1.165) is 0 Å². The maximum atomic E-state index is 5.97. The van der Waals surface area contributed by atoms with E-state index in [1.165, 1.54) is 0 Å². The summed E-state index contributed by atoms with van der Waals surface area (Å²) < 4.78 is 11.9. The number of hydrogen-bond acceptors (Lipinski definition) is 2. The summed E-state index contributed by atoms with van der Waals surface area (Å²) >= 11 is -0.812. The normalized spacial score (nSPS) is 6.00. The van der Waals surface area contributed by atoms with Crippen LogP contribution in [0.1, 0.15) is 0 Å². The number of aromatic amines is 1. The molecule has 1 aromatic rings. The van der Waals surface area contributed by atoms with Crippen molar-refractivity contribution in [2.75, 3.05) is 0 Å². The van der Waals surface area contributed by atoms with E-state index in [4.69, 9.17) is 8.42 Å². The minimum Gasteiger partial charge on any atom is -0.484 e. The van der Waals surface area contributed by atoms with Gasteiger partial charge >= 0.3 is 24.3 Å². The van der Waals surface area contributed by atoms with Gasteiger partial charge in [0, 0.05) is 0 Å². The molecule has 3 nitrogen and oxygen atoms in total. The molecule has 8 heavy (non-hydrogen) atoms. The van der Waals surface area contributed by atoms with Crippen LogP contribution in [0.25, 0.3) is 0 Å². The van der Waals surface area contributed by atoms with Crippen LogP contribution < -0.4 is 0 Å². The molecule has 0 amide bonds. The quantitative estimate of drug-likeness (QED) is 0.464. The van der Waals surface area contributed by atoms with Crippen molar-refractivity contribution in [3.05, 3.63) is 24.5 Å². The molecule has 0 bridgehead atoms. The molecule has 0 aromatic carbocycles. The third kappa shape index (κ3) is 5.46. The minimum atomic E-state index is -0.812. The largest absolute Gasteiger partial charge is 0.484 e. The van der Waals surface area contributed by atoms with Crippen molar-refractivity contribution < 1.29 is 15.9 Å². The minimum absolute atomic E-state index is 0.812. The Morgan fingerprint density at radius 1 is 1.50 bits per heavy atom. The van der Waals surface area contributed by atoms with E-state index in [0.29, 0.717) is 0 Å². The van der Waals surface area contributed by atoms with Gasteiger partial charge in [-0.15, -0.1) is 6.20 Å². The zero-order valence-corrected chi connectivity index (χ0v) is 5.58. The molecule has 0 aliphatic heterocycles. The Morgan fingerprint density at radius 2 is 2.12 bits per heavy atom. The summed E-state index contributed by atoms with van der Waals surface area (Å²) in [7, 11) is 0. The Labute approximate surface area is 54.4 Å². The van der Waals surface area contributed by atoms with Crippen LogP contribution in [0.4, 0.5) is 0 Å². The molecule has 0 radical (unpaired) electrons. The maximum Gasteiger partial charge on any atom is -0.108 e. The number of H-pyrrole nitrogens is 1. The first-order valence-corrected chi connectivity index (χ1v) is 3.34. The molecule has 0 aliphatic rings. The molecular formula is C4H6N3V-. The van der Waals surface area contributed by atoms with Crippen LogP contribution in [0.5, 0.6) is 0 Å². The van der Waals surface area contributed by atoms with Crippen LogP contribution >= 0.6 is 0 Å². The second kappa shape index (κ2) is 6.46. The molecule has 0 fully saturated rings. The second-order valence-electron chi connectivity index (χ2n) is 0.926. The molecule has 0 unspecified atom stereocenters. The van der Waals surface area contributed by atoms with Gasteiger partial charge in [-0.1, -0.05) is 0 Å². The standard InChI is InChI=1S/C4H4N.2HN.V/c1-2-4-5-3-1;;;/h1-3,5H;2*1H;/q-1;;;. The molecule has 0 atom stereocenters. The fourth-order valence-electron chi connectivity index (χ4n) is 0.241. The van der Waals surface area contributed by atoms with E-state index in [-0.39, 0.29) is 0 Å². The fourth-order valence-corrected chi connectivity index (χ4v) is 0.241. The van der Waals surface area contributed by atoms with E-state index in [1.54, 1.807) is 0 Å². The fraction of sp³-hybridized carbons (Fsp3) is 0. The van der Waals surface area contributed by atoms with Gasteiger partial charge in [0.1, 0.15) is 0 Å². The van der Waals surface area contributed by atoms with Crippen molar-refractivity contribution >= 4 is 0 Å². The van der Waals surface area contributed by atoms with Crippen LogP contribution in [0, 0.1) is 14.6 Å². The maximum absolute atomic E-state index is 5.97. The topological polar surface area (TPSA) is 63.5 Å². The van der Waals surface area contributed by atoms with Gasteiger partial charge in [0.2, 0.25) is 0 Å². The molecule has 0 spiro atoms. The van der Waals surface area contributed by atoms with Gasteiger partial charge < -0.3 is 4.98 Å².